The van der Waals surface area contributed by atoms with Crippen LogP contribution in [0.1, 0.15) is 36.8 Å². The molecule has 0 aromatic heterocycles. The summed E-state index contributed by atoms with van der Waals surface area (Å²) in [5.74, 6) is -0.497. The Morgan fingerprint density at radius 3 is 2.39 bits per heavy atom. The maximum atomic E-state index is 11.9. The quantitative estimate of drug-likeness (QED) is 0.377. The van der Waals surface area contributed by atoms with Crippen LogP contribution < -0.4 is 10.6 Å². The summed E-state index contributed by atoms with van der Waals surface area (Å²) in [6.07, 6.45) is 2.53. The summed E-state index contributed by atoms with van der Waals surface area (Å²) in [6.45, 7) is 2.39. The SMILES string of the molecule is Cc1ccc(NC(=S)NC(=O)CCCC(=O)OCCCc2ccccc2)cc1. The smallest absolute Gasteiger partial charge is 0.305 e. The molecule has 148 valence electrons. The van der Waals surface area contributed by atoms with Gasteiger partial charge in [-0.25, -0.2) is 0 Å². The van der Waals surface area contributed by atoms with Crippen LogP contribution in [0.25, 0.3) is 0 Å². The van der Waals surface area contributed by atoms with Crippen molar-refractivity contribution in [2.24, 2.45) is 0 Å². The highest BCUT2D eigenvalue weighted by Crippen LogP contribution is 2.08. The molecule has 0 aliphatic rings. The highest BCUT2D eigenvalue weighted by Gasteiger charge is 2.08. The van der Waals surface area contributed by atoms with E-state index >= 15 is 0 Å². The van der Waals surface area contributed by atoms with Gasteiger partial charge >= 0.3 is 5.97 Å². The Morgan fingerprint density at radius 2 is 1.68 bits per heavy atom. The van der Waals surface area contributed by atoms with Crippen LogP contribution in [0.4, 0.5) is 5.69 Å². The molecule has 5 nitrogen and oxygen atoms in total. The number of carbonyl (C=O) groups excluding carboxylic acids is 2. The third-order valence-electron chi connectivity index (χ3n) is 4.06. The molecule has 2 aromatic carbocycles. The molecule has 28 heavy (non-hydrogen) atoms. The molecule has 0 saturated heterocycles. The predicted molar refractivity (Wildman–Crippen MR) is 115 cm³/mol. The minimum atomic E-state index is -0.277. The van der Waals surface area contributed by atoms with Gasteiger partial charge in [0.05, 0.1) is 6.61 Å². The molecule has 0 radical (unpaired) electrons. The van der Waals surface area contributed by atoms with Gasteiger partial charge < -0.3 is 15.4 Å². The van der Waals surface area contributed by atoms with Crippen LogP contribution in [0, 0.1) is 6.92 Å². The molecule has 6 heteroatoms. The first-order valence-corrected chi connectivity index (χ1v) is 9.81. The van der Waals surface area contributed by atoms with E-state index < -0.39 is 0 Å². The minimum absolute atomic E-state index is 0.217. The molecule has 0 fully saturated rings. The largest absolute Gasteiger partial charge is 0.466 e. The highest BCUT2D eigenvalue weighted by molar-refractivity contribution is 7.80. The molecule has 2 aromatic rings. The molecule has 0 saturated carbocycles. The van der Waals surface area contributed by atoms with E-state index in [9.17, 15) is 9.59 Å². The van der Waals surface area contributed by atoms with Crippen molar-refractivity contribution in [3.63, 3.8) is 0 Å². The van der Waals surface area contributed by atoms with Gasteiger partial charge in [0.1, 0.15) is 0 Å². The van der Waals surface area contributed by atoms with Gasteiger partial charge in [0.2, 0.25) is 5.91 Å². The number of hydrogen-bond donors (Lipinski definition) is 2. The van der Waals surface area contributed by atoms with Gasteiger partial charge in [-0.15, -0.1) is 0 Å². The third-order valence-corrected chi connectivity index (χ3v) is 4.27. The molecule has 0 spiro atoms. The number of thiocarbonyl (C=S) groups is 1. The topological polar surface area (TPSA) is 67.4 Å². The lowest BCUT2D eigenvalue weighted by Gasteiger charge is -2.09. The van der Waals surface area contributed by atoms with E-state index in [1.54, 1.807) is 0 Å². The van der Waals surface area contributed by atoms with Gasteiger partial charge in [-0.2, -0.15) is 0 Å². The first-order chi connectivity index (χ1) is 13.5. The van der Waals surface area contributed by atoms with Crippen molar-refractivity contribution in [2.75, 3.05) is 11.9 Å². The number of carbonyl (C=O) groups is 2. The van der Waals surface area contributed by atoms with Gasteiger partial charge in [0.15, 0.2) is 5.11 Å². The van der Waals surface area contributed by atoms with E-state index in [2.05, 4.69) is 22.8 Å². The summed E-state index contributed by atoms with van der Waals surface area (Å²) >= 11 is 5.12. The van der Waals surface area contributed by atoms with Crippen LogP contribution in [-0.2, 0) is 20.7 Å². The van der Waals surface area contributed by atoms with E-state index in [4.69, 9.17) is 17.0 Å². The number of benzene rings is 2. The van der Waals surface area contributed by atoms with Crippen molar-refractivity contribution in [1.82, 2.24) is 5.32 Å². The molecular weight excluding hydrogens is 372 g/mol. The second kappa shape index (κ2) is 11.9. The normalized spacial score (nSPS) is 10.2. The number of anilines is 1. The van der Waals surface area contributed by atoms with Gasteiger partial charge in [0.25, 0.3) is 0 Å². The van der Waals surface area contributed by atoms with Crippen molar-refractivity contribution in [2.45, 2.75) is 39.0 Å². The first-order valence-electron chi connectivity index (χ1n) is 9.40. The van der Waals surface area contributed by atoms with Gasteiger partial charge in [-0.3, -0.25) is 9.59 Å². The van der Waals surface area contributed by atoms with Crippen LogP contribution >= 0.6 is 12.2 Å². The van der Waals surface area contributed by atoms with Crippen molar-refractivity contribution >= 4 is 34.9 Å². The fourth-order valence-electron chi connectivity index (χ4n) is 2.56. The Bertz CT molecular complexity index is 776. The Kier molecular flexibility index (Phi) is 9.15. The van der Waals surface area contributed by atoms with Gasteiger partial charge in [-0.1, -0.05) is 48.0 Å². The van der Waals surface area contributed by atoms with Gasteiger partial charge in [0, 0.05) is 18.5 Å². The fourth-order valence-corrected chi connectivity index (χ4v) is 2.79. The van der Waals surface area contributed by atoms with Crippen LogP contribution in [0.5, 0.6) is 0 Å². The Morgan fingerprint density at radius 1 is 0.964 bits per heavy atom. The lowest BCUT2D eigenvalue weighted by Crippen LogP contribution is -2.34. The van der Waals surface area contributed by atoms with Crippen LogP contribution in [-0.4, -0.2) is 23.6 Å². The average Bonchev–Trinajstić information content (AvgIpc) is 2.68. The summed E-state index contributed by atoms with van der Waals surface area (Å²) < 4.78 is 5.21. The van der Waals surface area contributed by atoms with E-state index in [-0.39, 0.29) is 29.8 Å². The molecule has 0 unspecified atom stereocenters. The zero-order valence-electron chi connectivity index (χ0n) is 16.1. The molecule has 2 N–H and O–H groups in total. The van der Waals surface area contributed by atoms with Crippen molar-refractivity contribution in [1.29, 1.82) is 0 Å². The van der Waals surface area contributed by atoms with E-state index in [1.807, 2.05) is 49.4 Å². The summed E-state index contributed by atoms with van der Waals surface area (Å²) in [7, 11) is 0. The standard InChI is InChI=1S/C22H26N2O3S/c1-17-12-14-19(15-13-17)23-22(28)24-20(25)10-5-11-21(26)27-16-6-9-18-7-3-2-4-8-18/h2-4,7-8,12-15H,5-6,9-11,16H2,1H3,(H2,23,24,25,28). The van der Waals surface area contributed by atoms with Crippen molar-refractivity contribution in [3.05, 3.63) is 65.7 Å². The maximum absolute atomic E-state index is 11.9. The summed E-state index contributed by atoms with van der Waals surface area (Å²) in [5.41, 5.74) is 3.19. The Balaban J connectivity index is 1.54. The predicted octanol–water partition coefficient (Wildman–Crippen LogP) is 4.15. The van der Waals surface area contributed by atoms with Crippen molar-refractivity contribution < 1.29 is 14.3 Å². The number of esters is 1. The molecule has 0 atom stereocenters. The number of ether oxygens (including phenoxy) is 1. The molecule has 0 bridgehead atoms. The van der Waals surface area contributed by atoms with Gasteiger partial charge in [-0.05, 0) is 56.1 Å². The summed E-state index contributed by atoms with van der Waals surface area (Å²) in [5, 5.41) is 5.82. The van der Waals surface area contributed by atoms with Crippen LogP contribution in [0.15, 0.2) is 54.6 Å². The first kappa shape index (κ1) is 21.6. The molecule has 0 aliphatic heterocycles. The van der Waals surface area contributed by atoms with Crippen molar-refractivity contribution in [3.8, 4) is 0 Å². The Labute approximate surface area is 171 Å². The molecular formula is C22H26N2O3S. The van der Waals surface area contributed by atoms with E-state index in [0.717, 1.165) is 24.1 Å². The number of hydrogen-bond acceptors (Lipinski definition) is 4. The lowest BCUT2D eigenvalue weighted by atomic mass is 10.1. The minimum Gasteiger partial charge on any atom is -0.466 e. The molecule has 1 amide bonds. The third kappa shape index (κ3) is 8.77. The second-order valence-corrected chi connectivity index (χ2v) is 6.94. The monoisotopic (exact) mass is 398 g/mol. The maximum Gasteiger partial charge on any atom is 0.305 e. The average molecular weight is 399 g/mol. The fraction of sp³-hybridized carbons (Fsp3) is 0.318. The number of amides is 1. The number of rotatable bonds is 9. The molecule has 2 rings (SSSR count). The number of nitrogens with one attached hydrogen (secondary N) is 2. The summed E-state index contributed by atoms with van der Waals surface area (Å²) in [6, 6.07) is 17.8. The second-order valence-electron chi connectivity index (χ2n) is 6.53. The van der Waals surface area contributed by atoms with Crippen LogP contribution in [0.3, 0.4) is 0 Å². The lowest BCUT2D eigenvalue weighted by molar-refractivity contribution is -0.143. The zero-order valence-corrected chi connectivity index (χ0v) is 16.9. The molecule has 0 heterocycles. The van der Waals surface area contributed by atoms with E-state index in [1.165, 1.54) is 5.56 Å². The molecule has 0 aliphatic carbocycles. The van der Waals surface area contributed by atoms with E-state index in [0.29, 0.717) is 13.0 Å². The number of aryl methyl sites for hydroxylation is 2. The zero-order chi connectivity index (χ0) is 20.2. The Hall–Kier alpha value is -2.73. The van der Waals surface area contributed by atoms with Crippen LogP contribution in [0.2, 0.25) is 0 Å². The highest BCUT2D eigenvalue weighted by atomic mass is 32.1. The summed E-state index contributed by atoms with van der Waals surface area (Å²) in [4.78, 5) is 23.6.